The van der Waals surface area contributed by atoms with Crippen LogP contribution in [0.2, 0.25) is 0 Å². The van der Waals surface area contributed by atoms with Gasteiger partial charge in [-0.1, -0.05) is 6.08 Å². The Kier molecular flexibility index (Phi) is 2.81. The molecule has 0 aliphatic heterocycles. The molecule has 3 rings (SSSR count). The average Bonchev–Trinajstić information content (AvgIpc) is 2.90. The van der Waals surface area contributed by atoms with Crippen molar-refractivity contribution in [2.45, 2.75) is 12.8 Å². The van der Waals surface area contributed by atoms with Gasteiger partial charge in [-0.15, -0.1) is 0 Å². The highest BCUT2D eigenvalue weighted by molar-refractivity contribution is 5.82. The highest BCUT2D eigenvalue weighted by atomic mass is 19.1. The largest absolute Gasteiger partial charge is 0.366 e. The maximum atomic E-state index is 13.0. The van der Waals surface area contributed by atoms with E-state index in [1.165, 1.54) is 5.57 Å². The molecule has 0 atom stereocenters. The molecule has 0 unspecified atom stereocenters. The summed E-state index contributed by atoms with van der Waals surface area (Å²) in [7, 11) is 0. The Labute approximate surface area is 105 Å². The third-order valence-corrected chi connectivity index (χ3v) is 3.18. The van der Waals surface area contributed by atoms with Crippen molar-refractivity contribution in [3.8, 4) is 11.1 Å². The fourth-order valence-electron chi connectivity index (χ4n) is 2.24. The number of aromatic amines is 1. The second kappa shape index (κ2) is 4.61. The zero-order valence-electron chi connectivity index (χ0n) is 9.86. The number of H-pyrrole nitrogens is 1. The summed E-state index contributed by atoms with van der Waals surface area (Å²) in [5.74, 6) is -0.0419. The van der Waals surface area contributed by atoms with E-state index in [0.29, 0.717) is 6.42 Å². The van der Waals surface area contributed by atoms with E-state index < -0.39 is 0 Å². The van der Waals surface area contributed by atoms with Gasteiger partial charge in [-0.05, 0) is 35.8 Å². The molecule has 0 saturated heterocycles. The zero-order chi connectivity index (χ0) is 12.4. The first-order valence-electron chi connectivity index (χ1n) is 5.97. The summed E-state index contributed by atoms with van der Waals surface area (Å²) < 4.78 is 13.0. The van der Waals surface area contributed by atoms with Gasteiger partial charge >= 0.3 is 0 Å². The standard InChI is InChI=1S/C15H13FN2/c16-13-3-1-11(2-4-13)14-9-18-10-15(14)12-5-7-17-8-6-12/h1,3,5-10,18H,2,4H2. The van der Waals surface area contributed by atoms with E-state index in [1.807, 2.05) is 30.6 Å². The molecule has 1 aliphatic rings. The van der Waals surface area contributed by atoms with Gasteiger partial charge in [-0.25, -0.2) is 4.39 Å². The van der Waals surface area contributed by atoms with Crippen LogP contribution in [0, 0.1) is 0 Å². The Morgan fingerprint density at radius 3 is 2.50 bits per heavy atom. The summed E-state index contributed by atoms with van der Waals surface area (Å²) in [5, 5.41) is 0. The number of rotatable bonds is 2. The van der Waals surface area contributed by atoms with E-state index in [4.69, 9.17) is 0 Å². The fraction of sp³-hybridized carbons (Fsp3) is 0.133. The number of pyridine rings is 1. The summed E-state index contributed by atoms with van der Waals surface area (Å²) in [6.07, 6.45) is 12.2. The second-order valence-corrected chi connectivity index (χ2v) is 4.32. The van der Waals surface area contributed by atoms with Crippen LogP contribution in [0.5, 0.6) is 0 Å². The number of halogens is 1. The van der Waals surface area contributed by atoms with Crippen molar-refractivity contribution in [1.82, 2.24) is 9.97 Å². The molecule has 0 spiro atoms. The normalized spacial score (nSPS) is 15.2. The molecule has 18 heavy (non-hydrogen) atoms. The van der Waals surface area contributed by atoms with E-state index in [0.717, 1.165) is 23.1 Å². The highest BCUT2D eigenvalue weighted by Crippen LogP contribution is 2.33. The van der Waals surface area contributed by atoms with Crippen LogP contribution in [-0.2, 0) is 0 Å². The van der Waals surface area contributed by atoms with Gasteiger partial charge in [0.25, 0.3) is 0 Å². The first-order chi connectivity index (χ1) is 8.84. The van der Waals surface area contributed by atoms with E-state index in [9.17, 15) is 4.39 Å². The van der Waals surface area contributed by atoms with Gasteiger partial charge in [0.05, 0.1) is 0 Å². The Hall–Kier alpha value is -2.16. The molecular formula is C15H13FN2. The van der Waals surface area contributed by atoms with E-state index in [-0.39, 0.29) is 5.83 Å². The lowest BCUT2D eigenvalue weighted by molar-refractivity contribution is 0.590. The number of hydrogen-bond donors (Lipinski definition) is 1. The number of aromatic nitrogens is 2. The van der Waals surface area contributed by atoms with Crippen LogP contribution in [0.15, 0.2) is 54.9 Å². The predicted molar refractivity (Wildman–Crippen MR) is 70.4 cm³/mol. The Bertz CT molecular complexity index is 608. The monoisotopic (exact) mass is 240 g/mol. The van der Waals surface area contributed by atoms with Crippen LogP contribution in [0.1, 0.15) is 18.4 Å². The lowest BCUT2D eigenvalue weighted by atomic mass is 9.94. The van der Waals surface area contributed by atoms with Gasteiger partial charge in [0.2, 0.25) is 0 Å². The van der Waals surface area contributed by atoms with Crippen molar-refractivity contribution in [3.05, 3.63) is 60.5 Å². The molecule has 3 heteroatoms. The molecule has 90 valence electrons. The molecule has 0 radical (unpaired) electrons. The molecule has 2 heterocycles. The average molecular weight is 240 g/mol. The summed E-state index contributed by atoms with van der Waals surface area (Å²) in [6.45, 7) is 0. The molecule has 0 amide bonds. The van der Waals surface area contributed by atoms with Gasteiger partial charge in [-0.3, -0.25) is 4.98 Å². The topological polar surface area (TPSA) is 28.7 Å². The molecule has 2 aromatic rings. The summed E-state index contributed by atoms with van der Waals surface area (Å²) >= 11 is 0. The van der Waals surface area contributed by atoms with Crippen molar-refractivity contribution >= 4 is 5.57 Å². The number of hydrogen-bond acceptors (Lipinski definition) is 1. The minimum absolute atomic E-state index is 0.0419. The summed E-state index contributed by atoms with van der Waals surface area (Å²) in [5.41, 5.74) is 4.57. The lowest BCUT2D eigenvalue weighted by Crippen LogP contribution is -1.91. The van der Waals surface area contributed by atoms with Crippen LogP contribution in [-0.4, -0.2) is 9.97 Å². The Morgan fingerprint density at radius 2 is 1.78 bits per heavy atom. The fourth-order valence-corrected chi connectivity index (χ4v) is 2.24. The Morgan fingerprint density at radius 1 is 1.00 bits per heavy atom. The lowest BCUT2D eigenvalue weighted by Gasteiger charge is -2.11. The first-order valence-corrected chi connectivity index (χ1v) is 5.97. The van der Waals surface area contributed by atoms with Gasteiger partial charge < -0.3 is 4.98 Å². The van der Waals surface area contributed by atoms with Gasteiger partial charge in [0.15, 0.2) is 0 Å². The van der Waals surface area contributed by atoms with Crippen LogP contribution in [0.3, 0.4) is 0 Å². The van der Waals surface area contributed by atoms with Crippen LogP contribution in [0.4, 0.5) is 4.39 Å². The molecule has 0 aromatic carbocycles. The second-order valence-electron chi connectivity index (χ2n) is 4.32. The quantitative estimate of drug-likeness (QED) is 0.840. The van der Waals surface area contributed by atoms with Crippen molar-refractivity contribution in [2.75, 3.05) is 0 Å². The molecule has 0 fully saturated rings. The van der Waals surface area contributed by atoms with Crippen molar-refractivity contribution in [1.29, 1.82) is 0 Å². The van der Waals surface area contributed by atoms with Crippen molar-refractivity contribution < 1.29 is 4.39 Å². The van der Waals surface area contributed by atoms with Gasteiger partial charge in [0, 0.05) is 42.3 Å². The number of allylic oxidation sites excluding steroid dienone is 4. The van der Waals surface area contributed by atoms with Crippen LogP contribution >= 0.6 is 0 Å². The van der Waals surface area contributed by atoms with Crippen LogP contribution < -0.4 is 0 Å². The Balaban J connectivity index is 2.03. The SMILES string of the molecule is FC1=CC=C(c2c[nH]cc2-c2ccncc2)CC1. The van der Waals surface area contributed by atoms with E-state index in [1.54, 1.807) is 18.5 Å². The van der Waals surface area contributed by atoms with Crippen molar-refractivity contribution in [3.63, 3.8) is 0 Å². The zero-order valence-corrected chi connectivity index (χ0v) is 9.86. The molecular weight excluding hydrogens is 227 g/mol. The first kappa shape index (κ1) is 11.0. The maximum absolute atomic E-state index is 13.0. The summed E-state index contributed by atoms with van der Waals surface area (Å²) in [6, 6.07) is 3.96. The molecule has 1 N–H and O–H groups in total. The summed E-state index contributed by atoms with van der Waals surface area (Å²) in [4.78, 5) is 7.15. The molecule has 0 bridgehead atoms. The number of nitrogens with one attached hydrogen (secondary N) is 1. The third kappa shape index (κ3) is 1.99. The third-order valence-electron chi connectivity index (χ3n) is 3.18. The number of nitrogens with zero attached hydrogens (tertiary/aromatic N) is 1. The van der Waals surface area contributed by atoms with Crippen LogP contribution in [0.25, 0.3) is 16.7 Å². The molecule has 2 aromatic heterocycles. The minimum Gasteiger partial charge on any atom is -0.366 e. The maximum Gasteiger partial charge on any atom is 0.100 e. The van der Waals surface area contributed by atoms with E-state index in [2.05, 4.69) is 9.97 Å². The minimum atomic E-state index is -0.0419. The van der Waals surface area contributed by atoms with Gasteiger partial charge in [0.1, 0.15) is 5.83 Å². The van der Waals surface area contributed by atoms with Crippen molar-refractivity contribution in [2.24, 2.45) is 0 Å². The highest BCUT2D eigenvalue weighted by Gasteiger charge is 2.13. The molecule has 0 saturated carbocycles. The molecule has 2 nitrogen and oxygen atoms in total. The smallest absolute Gasteiger partial charge is 0.100 e. The molecule has 1 aliphatic carbocycles. The predicted octanol–water partition coefficient (Wildman–Crippen LogP) is 4.11. The van der Waals surface area contributed by atoms with Gasteiger partial charge in [-0.2, -0.15) is 0 Å². The van der Waals surface area contributed by atoms with E-state index >= 15 is 0 Å².